The van der Waals surface area contributed by atoms with E-state index >= 15 is 0 Å². The van der Waals surface area contributed by atoms with Gasteiger partial charge in [0, 0.05) is 19.1 Å². The molecule has 2 atom stereocenters. The second-order valence-electron chi connectivity index (χ2n) is 5.29. The number of aryl methyl sites for hydroxylation is 2. The van der Waals surface area contributed by atoms with Crippen molar-refractivity contribution in [1.29, 1.82) is 0 Å². The van der Waals surface area contributed by atoms with Crippen molar-refractivity contribution in [1.82, 2.24) is 15.1 Å². The smallest absolute Gasteiger partial charge is 0.0625 e. The van der Waals surface area contributed by atoms with Gasteiger partial charge in [0.05, 0.1) is 24.0 Å². The van der Waals surface area contributed by atoms with Gasteiger partial charge in [0.25, 0.3) is 0 Å². The van der Waals surface area contributed by atoms with Gasteiger partial charge in [-0.1, -0.05) is 13.8 Å². The van der Waals surface area contributed by atoms with Gasteiger partial charge in [0.1, 0.15) is 0 Å². The summed E-state index contributed by atoms with van der Waals surface area (Å²) in [5, 5.41) is 8.38. The van der Waals surface area contributed by atoms with Crippen LogP contribution in [0.1, 0.15) is 51.0 Å². The quantitative estimate of drug-likeness (QED) is 0.823. The summed E-state index contributed by atoms with van der Waals surface area (Å²) in [6, 6.07) is 2.66. The molecule has 0 bridgehead atoms. The molecule has 1 aromatic rings. The Bertz CT molecular complexity index is 383. The SMILES string of the molecule is CCCNC(c1cc(CC)nn1CC)C1CCOC1. The fourth-order valence-corrected chi connectivity index (χ4v) is 2.79. The Labute approximate surface area is 116 Å². The van der Waals surface area contributed by atoms with Crippen molar-refractivity contribution < 1.29 is 4.74 Å². The molecule has 1 aliphatic heterocycles. The molecular weight excluding hydrogens is 238 g/mol. The predicted octanol–water partition coefficient (Wildman–Crippen LogP) is 2.54. The Hall–Kier alpha value is -0.870. The standard InChI is InChI=1S/C15H27N3O/c1-4-8-16-15(12-7-9-19-11-12)14-10-13(5-2)17-18(14)6-3/h10,12,15-16H,4-9,11H2,1-3H3. The first kappa shape index (κ1) is 14.5. The number of hydrogen-bond acceptors (Lipinski definition) is 3. The third-order valence-corrected chi connectivity index (χ3v) is 3.89. The van der Waals surface area contributed by atoms with E-state index in [1.807, 2.05) is 0 Å². The minimum Gasteiger partial charge on any atom is -0.381 e. The average molecular weight is 265 g/mol. The molecule has 0 aromatic carbocycles. The highest BCUT2D eigenvalue weighted by molar-refractivity contribution is 5.16. The van der Waals surface area contributed by atoms with Crippen molar-refractivity contribution in [3.05, 3.63) is 17.5 Å². The molecule has 19 heavy (non-hydrogen) atoms. The number of aromatic nitrogens is 2. The summed E-state index contributed by atoms with van der Waals surface area (Å²) in [6.45, 7) is 10.3. The molecule has 4 nitrogen and oxygen atoms in total. The summed E-state index contributed by atoms with van der Waals surface area (Å²) in [5.41, 5.74) is 2.53. The zero-order chi connectivity index (χ0) is 13.7. The maximum absolute atomic E-state index is 5.58. The lowest BCUT2D eigenvalue weighted by Crippen LogP contribution is -2.31. The van der Waals surface area contributed by atoms with Gasteiger partial charge in [-0.2, -0.15) is 5.10 Å². The van der Waals surface area contributed by atoms with Crippen LogP contribution in [0.5, 0.6) is 0 Å². The number of nitrogens with one attached hydrogen (secondary N) is 1. The lowest BCUT2D eigenvalue weighted by atomic mass is 9.95. The predicted molar refractivity (Wildman–Crippen MR) is 77.2 cm³/mol. The summed E-state index contributed by atoms with van der Waals surface area (Å²) in [4.78, 5) is 0. The fraction of sp³-hybridized carbons (Fsp3) is 0.800. The summed E-state index contributed by atoms with van der Waals surface area (Å²) in [7, 11) is 0. The van der Waals surface area contributed by atoms with E-state index in [1.54, 1.807) is 0 Å². The van der Waals surface area contributed by atoms with Crippen LogP contribution < -0.4 is 5.32 Å². The number of ether oxygens (including phenoxy) is 1. The van der Waals surface area contributed by atoms with E-state index in [2.05, 4.69) is 41.9 Å². The van der Waals surface area contributed by atoms with Crippen LogP contribution in [0.3, 0.4) is 0 Å². The second-order valence-corrected chi connectivity index (χ2v) is 5.29. The van der Waals surface area contributed by atoms with Crippen LogP contribution in [0, 0.1) is 5.92 Å². The van der Waals surface area contributed by atoms with E-state index < -0.39 is 0 Å². The van der Waals surface area contributed by atoms with Gasteiger partial charge in [-0.15, -0.1) is 0 Å². The van der Waals surface area contributed by atoms with Gasteiger partial charge in [-0.25, -0.2) is 0 Å². The molecule has 1 fully saturated rings. The molecule has 0 aliphatic carbocycles. The second kappa shape index (κ2) is 7.06. The third kappa shape index (κ3) is 3.37. The van der Waals surface area contributed by atoms with Crippen LogP contribution in [-0.4, -0.2) is 29.5 Å². The number of hydrogen-bond donors (Lipinski definition) is 1. The molecule has 0 radical (unpaired) electrons. The van der Waals surface area contributed by atoms with Crippen LogP contribution in [0.15, 0.2) is 6.07 Å². The normalized spacial score (nSPS) is 20.9. The minimum absolute atomic E-state index is 0.384. The largest absolute Gasteiger partial charge is 0.381 e. The van der Waals surface area contributed by atoms with Crippen molar-refractivity contribution in [3.63, 3.8) is 0 Å². The van der Waals surface area contributed by atoms with Crippen LogP contribution in [0.4, 0.5) is 0 Å². The van der Waals surface area contributed by atoms with Crippen LogP contribution >= 0.6 is 0 Å². The first-order valence-electron chi connectivity index (χ1n) is 7.67. The van der Waals surface area contributed by atoms with Gasteiger partial charge >= 0.3 is 0 Å². The van der Waals surface area contributed by atoms with Gasteiger partial charge in [-0.05, 0) is 38.8 Å². The van der Waals surface area contributed by atoms with Crippen LogP contribution in [-0.2, 0) is 17.7 Å². The Morgan fingerprint density at radius 3 is 2.89 bits per heavy atom. The van der Waals surface area contributed by atoms with Gasteiger partial charge in [0.2, 0.25) is 0 Å². The highest BCUT2D eigenvalue weighted by Gasteiger charge is 2.29. The molecule has 0 saturated carbocycles. The minimum atomic E-state index is 0.384. The van der Waals surface area contributed by atoms with E-state index in [1.165, 1.54) is 11.4 Å². The molecule has 2 heterocycles. The summed E-state index contributed by atoms with van der Waals surface area (Å²) >= 11 is 0. The highest BCUT2D eigenvalue weighted by atomic mass is 16.5. The molecule has 1 aromatic heterocycles. The van der Waals surface area contributed by atoms with Crippen LogP contribution in [0.2, 0.25) is 0 Å². The van der Waals surface area contributed by atoms with E-state index in [4.69, 9.17) is 4.74 Å². The molecule has 4 heteroatoms. The van der Waals surface area contributed by atoms with E-state index in [0.717, 1.165) is 45.6 Å². The van der Waals surface area contributed by atoms with Crippen molar-refractivity contribution in [2.75, 3.05) is 19.8 Å². The van der Waals surface area contributed by atoms with Gasteiger partial charge in [-0.3, -0.25) is 4.68 Å². The number of rotatable bonds is 7. The van der Waals surface area contributed by atoms with E-state index in [0.29, 0.717) is 12.0 Å². The van der Waals surface area contributed by atoms with Crippen molar-refractivity contribution >= 4 is 0 Å². The van der Waals surface area contributed by atoms with Gasteiger partial charge in [0.15, 0.2) is 0 Å². The fourth-order valence-electron chi connectivity index (χ4n) is 2.79. The first-order valence-corrected chi connectivity index (χ1v) is 7.67. The first-order chi connectivity index (χ1) is 9.30. The maximum atomic E-state index is 5.58. The lowest BCUT2D eigenvalue weighted by Gasteiger charge is -2.24. The summed E-state index contributed by atoms with van der Waals surface area (Å²) in [6.07, 6.45) is 3.31. The summed E-state index contributed by atoms with van der Waals surface area (Å²) < 4.78 is 7.73. The Morgan fingerprint density at radius 1 is 1.47 bits per heavy atom. The van der Waals surface area contributed by atoms with E-state index in [9.17, 15) is 0 Å². The molecule has 1 N–H and O–H groups in total. The Morgan fingerprint density at radius 2 is 2.32 bits per heavy atom. The topological polar surface area (TPSA) is 39.1 Å². The van der Waals surface area contributed by atoms with Crippen molar-refractivity contribution in [2.45, 2.75) is 52.6 Å². The zero-order valence-electron chi connectivity index (χ0n) is 12.5. The highest BCUT2D eigenvalue weighted by Crippen LogP contribution is 2.29. The Kier molecular flexibility index (Phi) is 5.40. The molecule has 1 saturated heterocycles. The molecule has 2 rings (SSSR count). The third-order valence-electron chi connectivity index (χ3n) is 3.89. The lowest BCUT2D eigenvalue weighted by molar-refractivity contribution is 0.175. The molecule has 0 spiro atoms. The van der Waals surface area contributed by atoms with Crippen molar-refractivity contribution in [2.24, 2.45) is 5.92 Å². The molecule has 2 unspecified atom stereocenters. The van der Waals surface area contributed by atoms with E-state index in [-0.39, 0.29) is 0 Å². The van der Waals surface area contributed by atoms with Gasteiger partial charge < -0.3 is 10.1 Å². The zero-order valence-corrected chi connectivity index (χ0v) is 12.5. The molecular formula is C15H27N3O. The summed E-state index contributed by atoms with van der Waals surface area (Å²) in [5.74, 6) is 0.582. The molecule has 1 aliphatic rings. The Balaban J connectivity index is 2.22. The maximum Gasteiger partial charge on any atom is 0.0625 e. The molecule has 0 amide bonds. The number of nitrogens with zero attached hydrogens (tertiary/aromatic N) is 2. The van der Waals surface area contributed by atoms with Crippen molar-refractivity contribution in [3.8, 4) is 0 Å². The average Bonchev–Trinajstić information content (AvgIpc) is 3.08. The van der Waals surface area contributed by atoms with Crippen LogP contribution in [0.25, 0.3) is 0 Å². The molecule has 108 valence electrons. The monoisotopic (exact) mass is 265 g/mol.